The van der Waals surface area contributed by atoms with E-state index in [0.717, 1.165) is 12.8 Å². The first-order valence-electron chi connectivity index (χ1n) is 6.82. The molecule has 1 heterocycles. The zero-order valence-electron chi connectivity index (χ0n) is 11.9. The van der Waals surface area contributed by atoms with Gasteiger partial charge in [-0.2, -0.15) is 0 Å². The van der Waals surface area contributed by atoms with Crippen LogP contribution in [0.2, 0.25) is 0 Å². The summed E-state index contributed by atoms with van der Waals surface area (Å²) in [5.41, 5.74) is 5.61. The number of amides is 1. The summed E-state index contributed by atoms with van der Waals surface area (Å²) in [5, 5.41) is 21.3. The number of hydrogen-bond acceptors (Lipinski definition) is 4. The van der Waals surface area contributed by atoms with Gasteiger partial charge in [-0.25, -0.2) is 0 Å². The summed E-state index contributed by atoms with van der Waals surface area (Å²) >= 11 is 0. The Kier molecular flexibility index (Phi) is 5.60. The van der Waals surface area contributed by atoms with Crippen molar-refractivity contribution >= 4 is 11.7 Å². The monoisotopic (exact) mass is 271 g/mol. The molecule has 2 atom stereocenters. The number of carbonyl (C=O) groups excluding carboxylic acids is 1. The summed E-state index contributed by atoms with van der Waals surface area (Å²) in [6.45, 7) is 6.79. The third kappa shape index (κ3) is 3.83. The molecule has 0 aromatic carbocycles. The van der Waals surface area contributed by atoms with Gasteiger partial charge in [0.1, 0.15) is 5.92 Å². The molecule has 1 rings (SSSR count). The first-order valence-corrected chi connectivity index (χ1v) is 6.82. The third-order valence-corrected chi connectivity index (χ3v) is 3.90. The molecule has 0 spiro atoms. The standard InChI is InChI=1S/C13H25N3O3/c1-8(2)11(12(14)15-19)13(18)16-6-4-10(5-7-16)9(3)17/h8-11,17,19H,4-7H2,1-3H3,(H2,14,15). The SMILES string of the molecule is CC(C)C(C(=O)N1CCC(C(C)O)CC1)C(N)=NO. The number of oxime groups is 1. The van der Waals surface area contributed by atoms with Gasteiger partial charge in [-0.3, -0.25) is 4.79 Å². The van der Waals surface area contributed by atoms with Crippen molar-refractivity contribution in [2.75, 3.05) is 13.1 Å². The van der Waals surface area contributed by atoms with Crippen LogP contribution in [0, 0.1) is 17.8 Å². The number of hydrogen-bond donors (Lipinski definition) is 3. The van der Waals surface area contributed by atoms with Crippen molar-refractivity contribution in [2.24, 2.45) is 28.6 Å². The summed E-state index contributed by atoms with van der Waals surface area (Å²) < 4.78 is 0. The van der Waals surface area contributed by atoms with E-state index >= 15 is 0 Å². The summed E-state index contributed by atoms with van der Waals surface area (Å²) in [6.07, 6.45) is 1.26. The summed E-state index contributed by atoms with van der Waals surface area (Å²) in [6, 6.07) is 0. The lowest BCUT2D eigenvalue weighted by atomic mass is 9.89. The summed E-state index contributed by atoms with van der Waals surface area (Å²) in [4.78, 5) is 14.2. The first kappa shape index (κ1) is 15.8. The van der Waals surface area contributed by atoms with Crippen LogP contribution in [0.5, 0.6) is 0 Å². The Morgan fingerprint density at radius 2 is 1.84 bits per heavy atom. The maximum atomic E-state index is 12.4. The molecule has 0 saturated carbocycles. The van der Waals surface area contributed by atoms with Crippen molar-refractivity contribution in [3.05, 3.63) is 0 Å². The topological polar surface area (TPSA) is 99.2 Å². The van der Waals surface area contributed by atoms with E-state index in [1.165, 1.54) is 0 Å². The van der Waals surface area contributed by atoms with Crippen LogP contribution >= 0.6 is 0 Å². The van der Waals surface area contributed by atoms with Crippen molar-refractivity contribution in [1.82, 2.24) is 4.90 Å². The predicted octanol–water partition coefficient (Wildman–Crippen LogP) is 0.624. The zero-order valence-corrected chi connectivity index (χ0v) is 11.9. The van der Waals surface area contributed by atoms with Crippen molar-refractivity contribution < 1.29 is 15.1 Å². The van der Waals surface area contributed by atoms with Crippen molar-refractivity contribution in [3.8, 4) is 0 Å². The highest BCUT2D eigenvalue weighted by Crippen LogP contribution is 2.23. The number of carbonyl (C=O) groups is 1. The van der Waals surface area contributed by atoms with Crippen LogP contribution in [-0.2, 0) is 4.79 Å². The van der Waals surface area contributed by atoms with Gasteiger partial charge in [0.15, 0.2) is 5.84 Å². The van der Waals surface area contributed by atoms with E-state index in [1.807, 2.05) is 13.8 Å². The predicted molar refractivity (Wildman–Crippen MR) is 72.7 cm³/mol. The number of nitrogens with two attached hydrogens (primary N) is 1. The molecule has 19 heavy (non-hydrogen) atoms. The number of piperidine rings is 1. The van der Waals surface area contributed by atoms with Crippen molar-refractivity contribution in [1.29, 1.82) is 0 Å². The van der Waals surface area contributed by atoms with E-state index in [4.69, 9.17) is 10.9 Å². The van der Waals surface area contributed by atoms with E-state index < -0.39 is 5.92 Å². The van der Waals surface area contributed by atoms with Gasteiger partial charge in [-0.05, 0) is 31.6 Å². The van der Waals surface area contributed by atoms with Gasteiger partial charge in [0.05, 0.1) is 6.10 Å². The van der Waals surface area contributed by atoms with Gasteiger partial charge in [-0.1, -0.05) is 19.0 Å². The second-order valence-electron chi connectivity index (χ2n) is 5.65. The van der Waals surface area contributed by atoms with Crippen LogP contribution in [0.3, 0.4) is 0 Å². The van der Waals surface area contributed by atoms with Crippen LogP contribution in [0.1, 0.15) is 33.6 Å². The van der Waals surface area contributed by atoms with Crippen molar-refractivity contribution in [2.45, 2.75) is 39.7 Å². The molecule has 1 aliphatic heterocycles. The molecule has 110 valence electrons. The van der Waals surface area contributed by atoms with Crippen LogP contribution in [0.15, 0.2) is 5.16 Å². The maximum Gasteiger partial charge on any atom is 0.233 e. The fourth-order valence-electron chi connectivity index (χ4n) is 2.61. The molecule has 0 aromatic rings. The molecular weight excluding hydrogens is 246 g/mol. The van der Waals surface area contributed by atoms with Gasteiger partial charge < -0.3 is 20.9 Å². The Labute approximate surface area is 114 Å². The van der Waals surface area contributed by atoms with Gasteiger partial charge in [0, 0.05) is 13.1 Å². The average Bonchev–Trinajstić information content (AvgIpc) is 2.38. The van der Waals surface area contributed by atoms with E-state index in [0.29, 0.717) is 13.1 Å². The number of amidine groups is 1. The number of nitrogens with zero attached hydrogens (tertiary/aromatic N) is 2. The lowest BCUT2D eigenvalue weighted by Crippen LogP contribution is -2.48. The van der Waals surface area contributed by atoms with E-state index in [2.05, 4.69) is 5.16 Å². The first-order chi connectivity index (χ1) is 8.88. The fourth-order valence-corrected chi connectivity index (χ4v) is 2.61. The minimum Gasteiger partial charge on any atom is -0.409 e. The zero-order chi connectivity index (χ0) is 14.6. The normalized spacial score (nSPS) is 21.5. The third-order valence-electron chi connectivity index (χ3n) is 3.90. The molecule has 0 bridgehead atoms. The largest absolute Gasteiger partial charge is 0.409 e. The Balaban J connectivity index is 2.68. The molecule has 1 aliphatic rings. The highest BCUT2D eigenvalue weighted by molar-refractivity contribution is 6.02. The molecule has 2 unspecified atom stereocenters. The lowest BCUT2D eigenvalue weighted by Gasteiger charge is -2.35. The smallest absolute Gasteiger partial charge is 0.233 e. The van der Waals surface area contributed by atoms with Gasteiger partial charge >= 0.3 is 0 Å². The minimum atomic E-state index is -0.576. The lowest BCUT2D eigenvalue weighted by molar-refractivity contribution is -0.136. The average molecular weight is 271 g/mol. The van der Waals surface area contributed by atoms with E-state index in [-0.39, 0.29) is 29.7 Å². The van der Waals surface area contributed by atoms with Gasteiger partial charge in [-0.15, -0.1) is 0 Å². The minimum absolute atomic E-state index is 0.0158. The number of likely N-dealkylation sites (tertiary alicyclic amines) is 1. The molecular formula is C13H25N3O3. The second kappa shape index (κ2) is 6.75. The molecule has 6 nitrogen and oxygen atoms in total. The molecule has 6 heteroatoms. The number of rotatable bonds is 4. The molecule has 0 radical (unpaired) electrons. The van der Waals surface area contributed by atoms with Gasteiger partial charge in [0.25, 0.3) is 0 Å². The maximum absolute atomic E-state index is 12.4. The Bertz CT molecular complexity index is 334. The number of aliphatic hydroxyl groups is 1. The Morgan fingerprint density at radius 3 is 2.21 bits per heavy atom. The molecule has 4 N–H and O–H groups in total. The quantitative estimate of drug-likeness (QED) is 0.302. The molecule has 0 aromatic heterocycles. The highest BCUT2D eigenvalue weighted by atomic mass is 16.4. The fraction of sp³-hybridized carbons (Fsp3) is 0.846. The van der Waals surface area contributed by atoms with E-state index in [9.17, 15) is 9.90 Å². The van der Waals surface area contributed by atoms with Crippen LogP contribution in [0.4, 0.5) is 0 Å². The van der Waals surface area contributed by atoms with Gasteiger partial charge in [0.2, 0.25) is 5.91 Å². The van der Waals surface area contributed by atoms with Crippen LogP contribution in [-0.4, -0.2) is 46.1 Å². The van der Waals surface area contributed by atoms with Crippen LogP contribution < -0.4 is 5.73 Å². The molecule has 1 fully saturated rings. The second-order valence-corrected chi connectivity index (χ2v) is 5.65. The van der Waals surface area contributed by atoms with Crippen LogP contribution in [0.25, 0.3) is 0 Å². The van der Waals surface area contributed by atoms with Crippen molar-refractivity contribution in [3.63, 3.8) is 0 Å². The summed E-state index contributed by atoms with van der Waals surface area (Å²) in [7, 11) is 0. The number of aliphatic hydroxyl groups excluding tert-OH is 1. The molecule has 1 saturated heterocycles. The molecule has 1 amide bonds. The summed E-state index contributed by atoms with van der Waals surface area (Å²) in [5.74, 6) is -0.455. The Hall–Kier alpha value is -1.30. The van der Waals surface area contributed by atoms with E-state index in [1.54, 1.807) is 11.8 Å². The molecule has 0 aliphatic carbocycles. The Morgan fingerprint density at radius 1 is 1.32 bits per heavy atom. The highest BCUT2D eigenvalue weighted by Gasteiger charge is 2.33.